The minimum absolute atomic E-state index is 0.0106. The molecule has 0 N–H and O–H groups in total. The van der Waals surface area contributed by atoms with E-state index < -0.39 is 28.8 Å². The molecule has 3 nitrogen and oxygen atoms in total. The molecule has 9 heteroatoms. The van der Waals surface area contributed by atoms with Crippen molar-refractivity contribution in [2.75, 3.05) is 5.33 Å². The highest BCUT2D eigenvalue weighted by atomic mass is 79.9. The normalized spacial score (nSPS) is 16.6. The van der Waals surface area contributed by atoms with Gasteiger partial charge in [-0.1, -0.05) is 22.0 Å². The Kier molecular flexibility index (Phi) is 4.94. The number of halogens is 6. The summed E-state index contributed by atoms with van der Waals surface area (Å²) in [6, 6.07) is 6.84. The Balaban J connectivity index is 2.35. The van der Waals surface area contributed by atoms with E-state index in [9.17, 15) is 26.7 Å². The molecule has 0 bridgehead atoms. The Labute approximate surface area is 165 Å². The van der Waals surface area contributed by atoms with Crippen LogP contribution in [-0.4, -0.2) is 21.7 Å². The fourth-order valence-corrected chi connectivity index (χ4v) is 4.00. The minimum atomic E-state index is -5.75. The first-order valence-electron chi connectivity index (χ1n) is 8.16. The second-order valence-electron chi connectivity index (χ2n) is 6.77. The third kappa shape index (κ3) is 3.25. The molecule has 0 fully saturated rings. The van der Waals surface area contributed by atoms with E-state index in [1.807, 2.05) is 0 Å². The molecule has 0 saturated carbocycles. The molecule has 2 heterocycles. The monoisotopic (exact) mass is 463 g/mol. The van der Waals surface area contributed by atoms with Crippen molar-refractivity contribution in [2.24, 2.45) is 0 Å². The summed E-state index contributed by atoms with van der Waals surface area (Å²) in [4.78, 5) is 12.4. The zero-order valence-corrected chi connectivity index (χ0v) is 16.4. The number of hydrogen-bond donors (Lipinski definition) is 0. The van der Waals surface area contributed by atoms with Crippen molar-refractivity contribution in [2.45, 2.75) is 31.5 Å². The second-order valence-corrected chi connectivity index (χ2v) is 7.33. The Morgan fingerprint density at radius 1 is 1.11 bits per heavy atom. The van der Waals surface area contributed by atoms with Gasteiger partial charge in [0, 0.05) is 34.3 Å². The Morgan fingerprint density at radius 3 is 2.36 bits per heavy atom. The summed E-state index contributed by atoms with van der Waals surface area (Å²) < 4.78 is 73.4. The first-order chi connectivity index (χ1) is 12.9. The zero-order valence-electron chi connectivity index (χ0n) is 14.8. The summed E-state index contributed by atoms with van der Waals surface area (Å²) in [6.07, 6.45) is -4.32. The SMILES string of the molecule is CC1(C)Oc2ccc(C(F)(F)C(F)(F)F)cc2C(n2ccccc2=O)=C1CBr. The summed E-state index contributed by atoms with van der Waals surface area (Å²) in [7, 11) is 0. The van der Waals surface area contributed by atoms with Crippen molar-refractivity contribution in [1.29, 1.82) is 0 Å². The zero-order chi connectivity index (χ0) is 20.9. The molecule has 28 heavy (non-hydrogen) atoms. The van der Waals surface area contributed by atoms with Gasteiger partial charge >= 0.3 is 12.1 Å². The molecule has 1 aliphatic heterocycles. The van der Waals surface area contributed by atoms with Gasteiger partial charge in [0.1, 0.15) is 11.4 Å². The van der Waals surface area contributed by atoms with E-state index in [0.717, 1.165) is 12.1 Å². The van der Waals surface area contributed by atoms with Crippen LogP contribution in [0.2, 0.25) is 0 Å². The Morgan fingerprint density at radius 2 is 1.79 bits per heavy atom. The number of ether oxygens (including phenoxy) is 1. The van der Waals surface area contributed by atoms with Gasteiger partial charge in [0.2, 0.25) is 0 Å². The summed E-state index contributed by atoms with van der Waals surface area (Å²) in [5.74, 6) is -4.93. The first-order valence-corrected chi connectivity index (χ1v) is 9.28. The van der Waals surface area contributed by atoms with Gasteiger partial charge in [0.15, 0.2) is 0 Å². The Hall–Kier alpha value is -2.16. The second kappa shape index (κ2) is 6.72. The highest BCUT2D eigenvalue weighted by Gasteiger charge is 2.59. The maximum atomic E-state index is 13.9. The molecular weight excluding hydrogens is 449 g/mol. The summed E-state index contributed by atoms with van der Waals surface area (Å²) >= 11 is 3.31. The lowest BCUT2D eigenvalue weighted by Gasteiger charge is -2.37. The number of alkyl halides is 6. The van der Waals surface area contributed by atoms with Gasteiger partial charge < -0.3 is 4.74 Å². The molecule has 150 valence electrons. The summed E-state index contributed by atoms with van der Waals surface area (Å²) in [5, 5.41) is 0.218. The van der Waals surface area contributed by atoms with Crippen molar-refractivity contribution < 1.29 is 26.7 Å². The number of pyridine rings is 1. The fourth-order valence-electron chi connectivity index (χ4n) is 3.06. The molecule has 3 rings (SSSR count). The van der Waals surface area contributed by atoms with E-state index in [1.165, 1.54) is 22.9 Å². The maximum Gasteiger partial charge on any atom is 0.458 e. The van der Waals surface area contributed by atoms with Crippen LogP contribution in [0.3, 0.4) is 0 Å². The number of hydrogen-bond acceptors (Lipinski definition) is 2. The first kappa shape index (κ1) is 20.6. The van der Waals surface area contributed by atoms with Gasteiger partial charge in [0.05, 0.1) is 5.70 Å². The van der Waals surface area contributed by atoms with Crippen LogP contribution in [0.25, 0.3) is 5.70 Å². The molecule has 1 aromatic heterocycles. The molecule has 2 aromatic rings. The summed E-state index contributed by atoms with van der Waals surface area (Å²) in [5.41, 5.74) is -1.86. The maximum absolute atomic E-state index is 13.9. The molecule has 0 amide bonds. The van der Waals surface area contributed by atoms with Crippen molar-refractivity contribution in [3.05, 3.63) is 69.6 Å². The third-order valence-electron chi connectivity index (χ3n) is 4.53. The van der Waals surface area contributed by atoms with Crippen LogP contribution in [0.5, 0.6) is 5.75 Å². The van der Waals surface area contributed by atoms with Crippen LogP contribution < -0.4 is 10.3 Å². The predicted octanol–water partition coefficient (Wildman–Crippen LogP) is 5.33. The predicted molar refractivity (Wildman–Crippen MR) is 97.9 cm³/mol. The van der Waals surface area contributed by atoms with Gasteiger partial charge in [-0.25, -0.2) is 0 Å². The van der Waals surface area contributed by atoms with E-state index in [-0.39, 0.29) is 22.3 Å². The van der Waals surface area contributed by atoms with Crippen LogP contribution in [0, 0.1) is 0 Å². The molecule has 0 unspecified atom stereocenters. The molecule has 1 aromatic carbocycles. The molecule has 0 aliphatic carbocycles. The largest absolute Gasteiger partial charge is 0.483 e. The van der Waals surface area contributed by atoms with E-state index in [0.29, 0.717) is 11.6 Å². The van der Waals surface area contributed by atoms with E-state index in [2.05, 4.69) is 15.9 Å². The number of rotatable bonds is 3. The average Bonchev–Trinajstić information content (AvgIpc) is 2.59. The smallest absolute Gasteiger partial charge is 0.458 e. The topological polar surface area (TPSA) is 31.2 Å². The highest BCUT2D eigenvalue weighted by molar-refractivity contribution is 9.09. The summed E-state index contributed by atoms with van der Waals surface area (Å²) in [6.45, 7) is 3.44. The van der Waals surface area contributed by atoms with Crippen molar-refractivity contribution >= 4 is 21.6 Å². The van der Waals surface area contributed by atoms with Crippen LogP contribution in [0.4, 0.5) is 22.0 Å². The van der Waals surface area contributed by atoms with Crippen LogP contribution >= 0.6 is 15.9 Å². The fraction of sp³-hybridized carbons (Fsp3) is 0.316. The van der Waals surface area contributed by atoms with Crippen LogP contribution in [0.15, 0.2) is 53.0 Å². The van der Waals surface area contributed by atoms with Crippen molar-refractivity contribution in [1.82, 2.24) is 4.57 Å². The average molecular weight is 464 g/mol. The molecule has 0 radical (unpaired) electrons. The van der Waals surface area contributed by atoms with Crippen LogP contribution in [0.1, 0.15) is 25.0 Å². The quantitative estimate of drug-likeness (QED) is 0.455. The van der Waals surface area contributed by atoms with Gasteiger partial charge in [0.25, 0.3) is 5.56 Å². The lowest BCUT2D eigenvalue weighted by atomic mass is 9.89. The standard InChI is InChI=1S/C19H15BrF5NO2/c1-17(2)13(10-20)16(26-8-4-3-5-15(26)27)12-9-11(6-7-14(12)28-17)18(21,22)19(23,24)25/h3-9H,10H2,1-2H3. The number of aromatic nitrogens is 1. The van der Waals surface area contributed by atoms with Crippen LogP contribution in [-0.2, 0) is 5.92 Å². The molecule has 0 saturated heterocycles. The minimum Gasteiger partial charge on any atom is -0.483 e. The third-order valence-corrected chi connectivity index (χ3v) is 5.09. The number of fused-ring (bicyclic) bond motifs is 1. The Bertz CT molecular complexity index is 1010. The van der Waals surface area contributed by atoms with Crippen molar-refractivity contribution in [3.8, 4) is 5.75 Å². The van der Waals surface area contributed by atoms with Crippen molar-refractivity contribution in [3.63, 3.8) is 0 Å². The number of nitrogens with zero attached hydrogens (tertiary/aromatic N) is 1. The molecule has 0 spiro atoms. The molecular formula is C19H15BrF5NO2. The van der Waals surface area contributed by atoms with E-state index >= 15 is 0 Å². The van der Waals surface area contributed by atoms with E-state index in [4.69, 9.17) is 4.74 Å². The lowest BCUT2D eigenvalue weighted by Crippen LogP contribution is -2.38. The lowest BCUT2D eigenvalue weighted by molar-refractivity contribution is -0.289. The van der Waals surface area contributed by atoms with Gasteiger partial charge in [-0.3, -0.25) is 9.36 Å². The van der Waals surface area contributed by atoms with Gasteiger partial charge in [-0.15, -0.1) is 0 Å². The molecule has 1 aliphatic rings. The number of benzene rings is 1. The van der Waals surface area contributed by atoms with Gasteiger partial charge in [-0.05, 0) is 38.1 Å². The van der Waals surface area contributed by atoms with Gasteiger partial charge in [-0.2, -0.15) is 22.0 Å². The van der Waals surface area contributed by atoms with E-state index in [1.54, 1.807) is 19.9 Å². The highest BCUT2D eigenvalue weighted by Crippen LogP contribution is 2.48. The molecule has 0 atom stereocenters.